The lowest BCUT2D eigenvalue weighted by atomic mass is 9.97. The van der Waals surface area contributed by atoms with Crippen LogP contribution >= 0.6 is 0 Å². The number of hydrogen-bond acceptors (Lipinski definition) is 4. The van der Waals surface area contributed by atoms with Crippen LogP contribution in [0.15, 0.2) is 66.9 Å². The summed E-state index contributed by atoms with van der Waals surface area (Å²) in [6.07, 6.45) is 1.46. The number of anilines is 1. The Labute approximate surface area is 145 Å². The van der Waals surface area contributed by atoms with Crippen molar-refractivity contribution in [2.24, 2.45) is 0 Å². The first kappa shape index (κ1) is 16.4. The Hall–Kier alpha value is -3.47. The number of aryl methyl sites for hydroxylation is 1. The van der Waals surface area contributed by atoms with Crippen LogP contribution in [0.4, 0.5) is 5.82 Å². The number of carbonyl (C=O) groups is 2. The van der Waals surface area contributed by atoms with Crippen molar-refractivity contribution < 1.29 is 14.7 Å². The predicted octanol–water partition coefficient (Wildman–Crippen LogP) is 3.58. The van der Waals surface area contributed by atoms with Gasteiger partial charge in [-0.05, 0) is 25.1 Å². The molecular weight excluding hydrogens is 316 g/mol. The smallest absolute Gasteiger partial charge is 0.257 e. The molecule has 0 fully saturated rings. The summed E-state index contributed by atoms with van der Waals surface area (Å²) in [6, 6.07) is 16.7. The molecule has 2 aromatic carbocycles. The Balaban J connectivity index is 1.93. The molecule has 1 amide bonds. The van der Waals surface area contributed by atoms with Gasteiger partial charge in [0.1, 0.15) is 0 Å². The van der Waals surface area contributed by atoms with Crippen LogP contribution in [-0.2, 0) is 0 Å². The van der Waals surface area contributed by atoms with Crippen LogP contribution in [0.3, 0.4) is 0 Å². The third kappa shape index (κ3) is 3.55. The highest BCUT2D eigenvalue weighted by Gasteiger charge is 2.19. The van der Waals surface area contributed by atoms with E-state index >= 15 is 0 Å². The Morgan fingerprint density at radius 2 is 1.60 bits per heavy atom. The summed E-state index contributed by atoms with van der Waals surface area (Å²) < 4.78 is 0. The van der Waals surface area contributed by atoms with E-state index in [1.54, 1.807) is 42.5 Å². The van der Waals surface area contributed by atoms with Crippen molar-refractivity contribution >= 4 is 17.5 Å². The van der Waals surface area contributed by atoms with Crippen LogP contribution in [-0.4, -0.2) is 21.8 Å². The highest BCUT2D eigenvalue weighted by Crippen LogP contribution is 2.21. The number of nitrogens with zero attached hydrogens (tertiary/aromatic N) is 1. The molecule has 0 saturated heterocycles. The fourth-order valence-corrected chi connectivity index (χ4v) is 2.41. The van der Waals surface area contributed by atoms with E-state index in [2.05, 4.69) is 10.3 Å². The lowest BCUT2D eigenvalue weighted by Gasteiger charge is -2.10. The molecule has 0 radical (unpaired) electrons. The molecule has 25 heavy (non-hydrogen) atoms. The molecule has 1 aromatic heterocycles. The van der Waals surface area contributed by atoms with E-state index in [1.807, 2.05) is 19.1 Å². The van der Waals surface area contributed by atoms with Gasteiger partial charge in [0.2, 0.25) is 0 Å². The van der Waals surface area contributed by atoms with Crippen molar-refractivity contribution in [3.63, 3.8) is 0 Å². The molecule has 5 heteroatoms. The maximum absolute atomic E-state index is 12.8. The summed E-state index contributed by atoms with van der Waals surface area (Å²) in [5.74, 6) is -0.843. The summed E-state index contributed by atoms with van der Waals surface area (Å²) >= 11 is 0. The Kier molecular flexibility index (Phi) is 4.57. The summed E-state index contributed by atoms with van der Waals surface area (Å²) in [6.45, 7) is 1.94. The van der Waals surface area contributed by atoms with E-state index in [9.17, 15) is 14.7 Å². The SMILES string of the molecule is Cc1ccc(C(=O)c2ccccc2C(=O)Nc2ncccc2O)cc1. The lowest BCUT2D eigenvalue weighted by molar-refractivity contribution is 0.0996. The normalized spacial score (nSPS) is 10.3. The number of ketones is 1. The molecule has 0 aliphatic rings. The minimum atomic E-state index is -0.509. The topological polar surface area (TPSA) is 79.3 Å². The Morgan fingerprint density at radius 3 is 2.28 bits per heavy atom. The van der Waals surface area contributed by atoms with Gasteiger partial charge in [-0.3, -0.25) is 9.59 Å². The molecule has 2 N–H and O–H groups in total. The number of rotatable bonds is 4. The molecule has 3 rings (SSSR count). The minimum Gasteiger partial charge on any atom is -0.504 e. The first-order chi connectivity index (χ1) is 12.1. The van der Waals surface area contributed by atoms with Crippen LogP contribution in [0.5, 0.6) is 5.75 Å². The number of amides is 1. The number of aromatic nitrogens is 1. The fraction of sp³-hybridized carbons (Fsp3) is 0.0500. The molecule has 0 aliphatic carbocycles. The van der Waals surface area contributed by atoms with E-state index in [0.717, 1.165) is 5.56 Å². The maximum Gasteiger partial charge on any atom is 0.257 e. The van der Waals surface area contributed by atoms with E-state index < -0.39 is 5.91 Å². The van der Waals surface area contributed by atoms with Gasteiger partial charge in [0.05, 0.1) is 5.56 Å². The van der Waals surface area contributed by atoms with Crippen LogP contribution in [0.1, 0.15) is 31.8 Å². The lowest BCUT2D eigenvalue weighted by Crippen LogP contribution is -2.17. The van der Waals surface area contributed by atoms with Gasteiger partial charge in [0.15, 0.2) is 17.4 Å². The number of nitrogens with one attached hydrogen (secondary N) is 1. The molecule has 3 aromatic rings. The maximum atomic E-state index is 12.8. The molecule has 0 bridgehead atoms. The number of aromatic hydroxyl groups is 1. The summed E-state index contributed by atoms with van der Waals surface area (Å²) in [4.78, 5) is 29.2. The zero-order valence-corrected chi connectivity index (χ0v) is 13.6. The second-order valence-electron chi connectivity index (χ2n) is 5.57. The average molecular weight is 332 g/mol. The van der Waals surface area contributed by atoms with Crippen molar-refractivity contribution in [2.45, 2.75) is 6.92 Å². The Morgan fingerprint density at radius 1 is 0.920 bits per heavy atom. The highest BCUT2D eigenvalue weighted by atomic mass is 16.3. The van der Waals surface area contributed by atoms with Crippen LogP contribution in [0.25, 0.3) is 0 Å². The van der Waals surface area contributed by atoms with Gasteiger partial charge in [-0.2, -0.15) is 0 Å². The quantitative estimate of drug-likeness (QED) is 0.716. The molecule has 5 nitrogen and oxygen atoms in total. The van der Waals surface area contributed by atoms with Crippen molar-refractivity contribution in [1.29, 1.82) is 0 Å². The molecule has 0 unspecified atom stereocenters. The monoisotopic (exact) mass is 332 g/mol. The van der Waals surface area contributed by atoms with E-state index in [0.29, 0.717) is 11.1 Å². The minimum absolute atomic E-state index is 0.0464. The van der Waals surface area contributed by atoms with E-state index in [1.165, 1.54) is 12.3 Å². The number of hydrogen-bond donors (Lipinski definition) is 2. The third-order valence-corrected chi connectivity index (χ3v) is 3.75. The molecule has 0 spiro atoms. The molecular formula is C20H16N2O3. The zero-order chi connectivity index (χ0) is 17.8. The van der Waals surface area contributed by atoms with Gasteiger partial charge < -0.3 is 10.4 Å². The second kappa shape index (κ2) is 6.97. The van der Waals surface area contributed by atoms with Gasteiger partial charge in [0.25, 0.3) is 5.91 Å². The van der Waals surface area contributed by atoms with Gasteiger partial charge in [-0.1, -0.05) is 48.0 Å². The van der Waals surface area contributed by atoms with Crippen LogP contribution < -0.4 is 5.32 Å². The molecule has 1 heterocycles. The predicted molar refractivity (Wildman–Crippen MR) is 94.9 cm³/mol. The summed E-state index contributed by atoms with van der Waals surface area (Å²) in [7, 11) is 0. The zero-order valence-electron chi connectivity index (χ0n) is 13.6. The molecule has 124 valence electrons. The summed E-state index contributed by atoms with van der Waals surface area (Å²) in [5.41, 5.74) is 2.07. The Bertz CT molecular complexity index is 934. The van der Waals surface area contributed by atoms with Crippen LogP contribution in [0.2, 0.25) is 0 Å². The standard InChI is InChI=1S/C20H16N2O3/c1-13-8-10-14(11-9-13)18(24)15-5-2-3-6-16(15)20(25)22-19-17(23)7-4-12-21-19/h2-12,23H,1H3,(H,21,22,25). The van der Waals surface area contributed by atoms with Crippen LogP contribution in [0, 0.1) is 6.92 Å². The number of benzene rings is 2. The van der Waals surface area contributed by atoms with Gasteiger partial charge in [0, 0.05) is 17.3 Å². The van der Waals surface area contributed by atoms with Gasteiger partial charge >= 0.3 is 0 Å². The molecule has 0 aliphatic heterocycles. The third-order valence-electron chi connectivity index (χ3n) is 3.75. The highest BCUT2D eigenvalue weighted by molar-refractivity contribution is 6.17. The van der Waals surface area contributed by atoms with Gasteiger partial charge in [-0.25, -0.2) is 4.98 Å². The van der Waals surface area contributed by atoms with Crippen molar-refractivity contribution in [3.8, 4) is 5.75 Å². The van der Waals surface area contributed by atoms with Gasteiger partial charge in [-0.15, -0.1) is 0 Å². The molecule has 0 saturated carbocycles. The second-order valence-corrected chi connectivity index (χ2v) is 5.57. The number of pyridine rings is 1. The largest absolute Gasteiger partial charge is 0.504 e. The first-order valence-corrected chi connectivity index (χ1v) is 7.72. The average Bonchev–Trinajstić information content (AvgIpc) is 2.63. The molecule has 0 atom stereocenters. The van der Waals surface area contributed by atoms with Crippen molar-refractivity contribution in [3.05, 3.63) is 89.1 Å². The van der Waals surface area contributed by atoms with E-state index in [4.69, 9.17) is 0 Å². The van der Waals surface area contributed by atoms with Crippen molar-refractivity contribution in [1.82, 2.24) is 4.98 Å². The van der Waals surface area contributed by atoms with Crippen molar-refractivity contribution in [2.75, 3.05) is 5.32 Å². The number of carbonyl (C=O) groups excluding carboxylic acids is 2. The fourth-order valence-electron chi connectivity index (χ4n) is 2.41. The first-order valence-electron chi connectivity index (χ1n) is 7.72. The summed E-state index contributed by atoms with van der Waals surface area (Å²) in [5, 5.41) is 12.3. The van der Waals surface area contributed by atoms with E-state index in [-0.39, 0.29) is 22.9 Å².